The summed E-state index contributed by atoms with van der Waals surface area (Å²) in [5.41, 5.74) is 0. The van der Waals surface area contributed by atoms with Crippen molar-refractivity contribution in [2.24, 2.45) is 5.92 Å². The summed E-state index contributed by atoms with van der Waals surface area (Å²) in [7, 11) is 0. The van der Waals surface area contributed by atoms with E-state index in [1.54, 1.807) is 0 Å². The predicted octanol–water partition coefficient (Wildman–Crippen LogP) is 3.39. The second-order valence-corrected chi connectivity index (χ2v) is 11.2. The molecule has 0 amide bonds. The minimum atomic E-state index is -1.51. The molecule has 0 aromatic heterocycles. The van der Waals surface area contributed by atoms with Gasteiger partial charge < -0.3 is 0 Å². The van der Waals surface area contributed by atoms with Gasteiger partial charge in [0.2, 0.25) is 0 Å². The molecule has 3 unspecified atom stereocenters. The van der Waals surface area contributed by atoms with Gasteiger partial charge in [-0.05, 0) is 0 Å². The average molecular weight is 340 g/mol. The second-order valence-electron chi connectivity index (χ2n) is 4.85. The number of aliphatic hydroxyl groups excluding tert-OH is 1. The van der Waals surface area contributed by atoms with Gasteiger partial charge in [-0.1, -0.05) is 0 Å². The van der Waals surface area contributed by atoms with Gasteiger partial charge in [-0.25, -0.2) is 0 Å². The predicted molar refractivity (Wildman–Crippen MR) is 77.3 cm³/mol. The fourth-order valence-electron chi connectivity index (χ4n) is 2.08. The normalized spacial score (nSPS) is 29.4. The first kappa shape index (κ1) is 14.4. The second kappa shape index (κ2) is 6.94. The number of halogens is 1. The van der Waals surface area contributed by atoms with Gasteiger partial charge in [-0.15, -0.1) is 0 Å². The number of rotatable bonds is 6. The number of unbranched alkanes of at least 4 members (excludes halogenated alkanes) is 2. The van der Waals surface area contributed by atoms with Crippen molar-refractivity contribution in [3.05, 3.63) is 0 Å². The van der Waals surface area contributed by atoms with Crippen molar-refractivity contribution < 1.29 is 9.90 Å². The molecule has 1 aliphatic rings. The van der Waals surface area contributed by atoms with E-state index in [4.69, 9.17) is 0 Å². The summed E-state index contributed by atoms with van der Waals surface area (Å²) >= 11 is -1.51. The molecule has 0 aromatic carbocycles. The van der Waals surface area contributed by atoms with Crippen molar-refractivity contribution in [3.8, 4) is 0 Å². The van der Waals surface area contributed by atoms with Crippen molar-refractivity contribution in [2.75, 3.05) is 4.43 Å². The quantitative estimate of drug-likeness (QED) is 0.348. The van der Waals surface area contributed by atoms with Gasteiger partial charge in [0.15, 0.2) is 0 Å². The Morgan fingerprint density at radius 3 is 2.62 bits per heavy atom. The fraction of sp³-hybridized carbons (Fsp3) is 0.923. The summed E-state index contributed by atoms with van der Waals surface area (Å²) in [6.45, 7) is 6.61. The Balaban J connectivity index is 2.38. The molecule has 3 heteroatoms. The molecule has 1 N–H and O–H groups in total. The number of hydrogen-bond acceptors (Lipinski definition) is 2. The zero-order valence-corrected chi connectivity index (χ0v) is 12.9. The monoisotopic (exact) mass is 340 g/mol. The van der Waals surface area contributed by atoms with Gasteiger partial charge in [-0.3, -0.25) is 0 Å². The molecule has 1 aliphatic heterocycles. The van der Waals surface area contributed by atoms with E-state index >= 15 is 0 Å². The first-order valence-corrected chi connectivity index (χ1v) is 10.3. The first-order valence-electron chi connectivity index (χ1n) is 6.44. The van der Waals surface area contributed by atoms with Crippen molar-refractivity contribution in [1.29, 1.82) is 0 Å². The van der Waals surface area contributed by atoms with Gasteiger partial charge in [0.1, 0.15) is 0 Å². The van der Waals surface area contributed by atoms with Crippen LogP contribution in [-0.2, 0) is 4.79 Å². The van der Waals surface area contributed by atoms with E-state index in [9.17, 15) is 9.90 Å². The first-order chi connectivity index (χ1) is 7.57. The summed E-state index contributed by atoms with van der Waals surface area (Å²) in [5.74, 6) is 0.706. The number of alkyl halides is 2. The Morgan fingerprint density at radius 2 is 2.12 bits per heavy atom. The third-order valence-electron chi connectivity index (χ3n) is 3.55. The third-order valence-corrected chi connectivity index (χ3v) is 11.0. The number of carbonyl (C=O) groups excluding carboxylic acids is 1. The molecule has 0 aliphatic carbocycles. The zero-order chi connectivity index (χ0) is 12.1. The number of carbonyl (C=O) groups is 1. The molecular formula is C13H25IO2. The zero-order valence-electron chi connectivity index (χ0n) is 10.7. The SMILES string of the molecule is CCCCCC(O)C(=O)I1CCC(C)C1C. The van der Waals surface area contributed by atoms with Crippen LogP contribution in [0, 0.1) is 5.92 Å². The number of aliphatic hydroxyl groups is 1. The summed E-state index contributed by atoms with van der Waals surface area (Å²) in [6, 6.07) is 0. The van der Waals surface area contributed by atoms with Crippen LogP contribution in [0.2, 0.25) is 0 Å². The van der Waals surface area contributed by atoms with Crippen molar-refractivity contribution in [3.63, 3.8) is 0 Å². The van der Waals surface area contributed by atoms with E-state index in [-0.39, 0.29) is 3.79 Å². The Bertz CT molecular complexity index is 230. The van der Waals surface area contributed by atoms with Gasteiger partial charge >= 0.3 is 107 Å². The topological polar surface area (TPSA) is 37.3 Å². The van der Waals surface area contributed by atoms with E-state index in [0.29, 0.717) is 16.3 Å². The van der Waals surface area contributed by atoms with Gasteiger partial charge in [0, 0.05) is 0 Å². The maximum atomic E-state index is 12.1. The standard InChI is InChI=1S/C13H25IO2/c1-4-5-6-7-12(15)13(16)14-9-8-10(2)11(14)3/h10-12,15H,4-9H2,1-3H3. The van der Waals surface area contributed by atoms with E-state index in [1.807, 2.05) is 0 Å². The Kier molecular flexibility index (Phi) is 6.26. The Labute approximate surface area is 107 Å². The van der Waals surface area contributed by atoms with Crippen molar-refractivity contribution in [1.82, 2.24) is 0 Å². The number of hydrogen-bond donors (Lipinski definition) is 1. The molecule has 0 saturated carbocycles. The van der Waals surface area contributed by atoms with Crippen molar-refractivity contribution >= 4 is 23.6 Å². The van der Waals surface area contributed by atoms with Crippen LogP contribution in [0.3, 0.4) is 0 Å². The molecule has 96 valence electrons. The molecule has 0 spiro atoms. The molecule has 16 heavy (non-hydrogen) atoms. The molecule has 0 bridgehead atoms. The Hall–Kier alpha value is 0.360. The molecule has 1 saturated heterocycles. The Morgan fingerprint density at radius 1 is 1.44 bits per heavy atom. The van der Waals surface area contributed by atoms with Gasteiger partial charge in [-0.2, -0.15) is 0 Å². The molecular weight excluding hydrogens is 315 g/mol. The average Bonchev–Trinajstić information content (AvgIpc) is 2.59. The van der Waals surface area contributed by atoms with Crippen LogP contribution in [0.15, 0.2) is 0 Å². The van der Waals surface area contributed by atoms with Gasteiger partial charge in [0.05, 0.1) is 0 Å². The van der Waals surface area contributed by atoms with E-state index in [2.05, 4.69) is 20.8 Å². The van der Waals surface area contributed by atoms with Gasteiger partial charge in [0.25, 0.3) is 0 Å². The molecule has 1 fully saturated rings. The van der Waals surface area contributed by atoms with Crippen LogP contribution < -0.4 is 0 Å². The third kappa shape index (κ3) is 3.69. The summed E-state index contributed by atoms with van der Waals surface area (Å²) in [5, 5.41) is 9.90. The minimum absolute atomic E-state index is 0.261. The van der Waals surface area contributed by atoms with Crippen LogP contribution in [-0.4, -0.2) is 23.4 Å². The van der Waals surface area contributed by atoms with Crippen LogP contribution in [0.25, 0.3) is 0 Å². The van der Waals surface area contributed by atoms with E-state index in [1.165, 1.54) is 6.42 Å². The molecule has 1 rings (SSSR count). The van der Waals surface area contributed by atoms with E-state index < -0.39 is 25.9 Å². The molecule has 1 heterocycles. The van der Waals surface area contributed by atoms with Crippen LogP contribution >= 0.6 is 19.8 Å². The van der Waals surface area contributed by atoms with Crippen LogP contribution in [0.1, 0.15) is 52.9 Å². The van der Waals surface area contributed by atoms with Crippen molar-refractivity contribution in [2.45, 2.75) is 62.9 Å². The van der Waals surface area contributed by atoms with Crippen LogP contribution in [0.5, 0.6) is 0 Å². The molecule has 2 nitrogen and oxygen atoms in total. The summed E-state index contributed by atoms with van der Waals surface area (Å²) in [6.07, 6.45) is 4.55. The fourth-order valence-corrected chi connectivity index (χ4v) is 9.29. The van der Waals surface area contributed by atoms with Crippen LogP contribution in [0.4, 0.5) is 0 Å². The summed E-state index contributed by atoms with van der Waals surface area (Å²) < 4.78 is 2.00. The molecule has 0 aromatic rings. The van der Waals surface area contributed by atoms with E-state index in [0.717, 1.165) is 23.7 Å². The maximum absolute atomic E-state index is 12.1. The molecule has 0 radical (unpaired) electrons. The summed E-state index contributed by atoms with van der Waals surface area (Å²) in [4.78, 5) is 12.1. The molecule has 3 atom stereocenters.